The van der Waals surface area contributed by atoms with E-state index in [4.69, 9.17) is 14.2 Å². The van der Waals surface area contributed by atoms with Crippen LogP contribution in [0.3, 0.4) is 0 Å². The van der Waals surface area contributed by atoms with Crippen molar-refractivity contribution in [1.82, 2.24) is 14.5 Å². The van der Waals surface area contributed by atoms with E-state index in [0.29, 0.717) is 31.3 Å². The maximum absolute atomic E-state index is 14.6. The highest BCUT2D eigenvalue weighted by atomic mass is 19.4. The third-order valence-electron chi connectivity index (χ3n) is 6.48. The van der Waals surface area contributed by atoms with Gasteiger partial charge in [0.25, 0.3) is 0 Å². The summed E-state index contributed by atoms with van der Waals surface area (Å²) in [5.41, 5.74) is -1.34. The van der Waals surface area contributed by atoms with Gasteiger partial charge in [0, 0.05) is 31.3 Å². The highest BCUT2D eigenvalue weighted by molar-refractivity contribution is 5.52. The molecule has 0 unspecified atom stereocenters. The molecule has 0 saturated carbocycles. The van der Waals surface area contributed by atoms with Crippen molar-refractivity contribution < 1.29 is 31.8 Å². The summed E-state index contributed by atoms with van der Waals surface area (Å²) in [6.45, 7) is 1.73. The van der Waals surface area contributed by atoms with Gasteiger partial charge in [0.1, 0.15) is 23.9 Å². The molecule has 2 atom stereocenters. The molecule has 6 rings (SSSR count). The number of aromatic nitrogens is 3. The lowest BCUT2D eigenvalue weighted by Crippen LogP contribution is -2.46. The highest BCUT2D eigenvalue weighted by Gasteiger charge is 2.56. The second-order valence-corrected chi connectivity index (χ2v) is 8.82. The van der Waals surface area contributed by atoms with Crippen LogP contribution in [0.1, 0.15) is 17.7 Å². The van der Waals surface area contributed by atoms with Crippen molar-refractivity contribution in [1.29, 1.82) is 0 Å². The molecule has 182 valence electrons. The monoisotopic (exact) mass is 490 g/mol. The van der Waals surface area contributed by atoms with Gasteiger partial charge in [0.15, 0.2) is 11.6 Å². The Morgan fingerprint density at radius 2 is 2.06 bits per heavy atom. The van der Waals surface area contributed by atoms with Gasteiger partial charge in [-0.3, -0.25) is 9.55 Å². The summed E-state index contributed by atoms with van der Waals surface area (Å²) in [5, 5.41) is 0. The minimum atomic E-state index is -4.64. The Labute approximate surface area is 195 Å². The number of morpholine rings is 1. The smallest absolute Gasteiger partial charge is 0.433 e. The van der Waals surface area contributed by atoms with Gasteiger partial charge in [-0.25, -0.2) is 9.18 Å². The van der Waals surface area contributed by atoms with Crippen LogP contribution in [0.15, 0.2) is 47.4 Å². The molecule has 0 radical (unpaired) electrons. The zero-order chi connectivity index (χ0) is 24.4. The van der Waals surface area contributed by atoms with E-state index >= 15 is 0 Å². The first-order chi connectivity index (χ1) is 16.7. The Balaban J connectivity index is 1.16. The fraction of sp³-hybridized carbons (Fsp3) is 0.348. The molecule has 2 fully saturated rings. The van der Waals surface area contributed by atoms with Crippen LogP contribution in [-0.4, -0.2) is 39.3 Å². The normalized spacial score (nSPS) is 22.3. The predicted molar refractivity (Wildman–Crippen MR) is 113 cm³/mol. The molecule has 3 aliphatic rings. The number of anilines is 1. The maximum atomic E-state index is 14.6. The van der Waals surface area contributed by atoms with Crippen molar-refractivity contribution in [3.05, 3.63) is 70.2 Å². The fourth-order valence-corrected chi connectivity index (χ4v) is 4.89. The first-order valence-electron chi connectivity index (χ1n) is 10.8. The molecule has 12 heteroatoms. The molecule has 0 N–H and O–H groups in total. The topological polar surface area (TPSA) is 78.7 Å². The second-order valence-electron chi connectivity index (χ2n) is 8.82. The zero-order valence-electron chi connectivity index (χ0n) is 18.1. The Morgan fingerprint density at radius 1 is 1.20 bits per heavy atom. The Bertz CT molecular complexity index is 1380. The molecular weight excluding hydrogens is 472 g/mol. The molecule has 35 heavy (non-hydrogen) atoms. The Morgan fingerprint density at radius 3 is 2.83 bits per heavy atom. The number of pyridine rings is 1. The number of hydrogen-bond donors (Lipinski definition) is 0. The van der Waals surface area contributed by atoms with Crippen molar-refractivity contribution in [2.45, 2.75) is 37.4 Å². The molecule has 5 heterocycles. The van der Waals surface area contributed by atoms with Crippen molar-refractivity contribution in [2.24, 2.45) is 0 Å². The molecule has 1 spiro atoms. The largest absolute Gasteiger partial charge is 0.473 e. The van der Waals surface area contributed by atoms with Crippen molar-refractivity contribution >= 4 is 5.82 Å². The molecular formula is C23H18F4N4O4. The van der Waals surface area contributed by atoms with Crippen molar-refractivity contribution in [3.63, 3.8) is 0 Å². The number of alkyl halides is 3. The van der Waals surface area contributed by atoms with E-state index in [1.165, 1.54) is 18.2 Å². The molecule has 0 aliphatic carbocycles. The van der Waals surface area contributed by atoms with E-state index in [1.54, 1.807) is 10.6 Å². The summed E-state index contributed by atoms with van der Waals surface area (Å²) < 4.78 is 71.3. The summed E-state index contributed by atoms with van der Waals surface area (Å²) in [6.07, 6.45) is -2.68. The lowest BCUT2D eigenvalue weighted by atomic mass is 10.0. The molecule has 2 saturated heterocycles. The SMILES string of the molecule is O=c1nc(OCc2ccc(Oc3ccnc(C(F)(F)F)c3)c(F)c2)cc2n1C[C@@]13CO[C@@H](CN21)C3. The Hall–Kier alpha value is -3.67. The average Bonchev–Trinajstić information content (AvgIpc) is 3.48. The second kappa shape index (κ2) is 7.67. The van der Waals surface area contributed by atoms with Crippen LogP contribution in [-0.2, 0) is 24.1 Å². The summed E-state index contributed by atoms with van der Waals surface area (Å²) in [4.78, 5) is 22.0. The number of fused-ring (bicyclic) bond motifs is 3. The summed E-state index contributed by atoms with van der Waals surface area (Å²) >= 11 is 0. The minimum Gasteiger partial charge on any atom is -0.473 e. The van der Waals surface area contributed by atoms with Gasteiger partial charge in [-0.1, -0.05) is 6.07 Å². The number of ether oxygens (including phenoxy) is 3. The van der Waals surface area contributed by atoms with Gasteiger partial charge in [-0.05, 0) is 23.8 Å². The molecule has 3 aromatic rings. The molecule has 0 amide bonds. The molecule has 2 bridgehead atoms. The van der Waals surface area contributed by atoms with Crippen LogP contribution in [0, 0.1) is 5.82 Å². The fourth-order valence-electron chi connectivity index (χ4n) is 4.89. The zero-order valence-corrected chi connectivity index (χ0v) is 18.1. The number of rotatable bonds is 5. The van der Waals surface area contributed by atoms with Gasteiger partial charge in [0.05, 0.1) is 24.8 Å². The third kappa shape index (κ3) is 3.77. The summed E-state index contributed by atoms with van der Waals surface area (Å²) in [7, 11) is 0. The number of benzene rings is 1. The molecule has 2 aromatic heterocycles. The van der Waals surface area contributed by atoms with Gasteiger partial charge in [-0.2, -0.15) is 18.2 Å². The van der Waals surface area contributed by atoms with Gasteiger partial charge in [-0.15, -0.1) is 0 Å². The molecule has 1 aromatic carbocycles. The first kappa shape index (κ1) is 21.8. The lowest BCUT2D eigenvalue weighted by Gasteiger charge is -2.32. The van der Waals surface area contributed by atoms with E-state index in [1.807, 2.05) is 0 Å². The average molecular weight is 490 g/mol. The van der Waals surface area contributed by atoms with Crippen LogP contribution in [0.25, 0.3) is 0 Å². The summed E-state index contributed by atoms with van der Waals surface area (Å²) in [6, 6.07) is 7.54. The number of nitrogens with zero attached hydrogens (tertiary/aromatic N) is 4. The van der Waals surface area contributed by atoms with Crippen LogP contribution in [0.5, 0.6) is 17.4 Å². The summed E-state index contributed by atoms with van der Waals surface area (Å²) in [5.74, 6) is -0.376. The maximum Gasteiger partial charge on any atom is 0.433 e. The standard InChI is InChI=1S/C23H18F4N4O4/c24-16-5-13(1-2-17(16)35-14-3-4-28-18(6-14)23(25,26)27)10-33-19-7-20-30(21(32)29-19)11-22-8-15(34-12-22)9-31(20)22/h1-7,15H,8-12H2/t15-,22+/m1/s1. The predicted octanol–water partition coefficient (Wildman–Crippen LogP) is 3.53. The highest BCUT2D eigenvalue weighted by Crippen LogP contribution is 2.46. The van der Waals surface area contributed by atoms with Crippen LogP contribution < -0.4 is 20.1 Å². The molecule has 3 aliphatic heterocycles. The van der Waals surface area contributed by atoms with E-state index in [9.17, 15) is 22.4 Å². The quantitative estimate of drug-likeness (QED) is 0.507. The Kier molecular flexibility index (Phi) is 4.78. The molecule has 8 nitrogen and oxygen atoms in total. The number of halogens is 4. The van der Waals surface area contributed by atoms with E-state index in [0.717, 1.165) is 24.5 Å². The lowest BCUT2D eigenvalue weighted by molar-refractivity contribution is -0.141. The van der Waals surface area contributed by atoms with Crippen LogP contribution in [0.4, 0.5) is 23.4 Å². The van der Waals surface area contributed by atoms with E-state index in [2.05, 4.69) is 14.9 Å². The van der Waals surface area contributed by atoms with Crippen molar-refractivity contribution in [2.75, 3.05) is 18.1 Å². The van der Waals surface area contributed by atoms with Crippen molar-refractivity contribution in [3.8, 4) is 17.4 Å². The van der Waals surface area contributed by atoms with E-state index in [-0.39, 0.29) is 35.6 Å². The first-order valence-corrected chi connectivity index (χ1v) is 10.8. The van der Waals surface area contributed by atoms with Gasteiger partial charge >= 0.3 is 11.9 Å². The minimum absolute atomic E-state index is 0.0720. The van der Waals surface area contributed by atoms with Gasteiger partial charge < -0.3 is 19.1 Å². The van der Waals surface area contributed by atoms with Crippen LogP contribution >= 0.6 is 0 Å². The van der Waals surface area contributed by atoms with Gasteiger partial charge in [0.2, 0.25) is 5.88 Å². The third-order valence-corrected chi connectivity index (χ3v) is 6.48. The number of hydrogen-bond acceptors (Lipinski definition) is 7. The van der Waals surface area contributed by atoms with Crippen LogP contribution in [0.2, 0.25) is 0 Å². The van der Waals surface area contributed by atoms with E-state index < -0.39 is 23.4 Å².